The summed E-state index contributed by atoms with van der Waals surface area (Å²) in [4.78, 5) is 0. The second-order valence-corrected chi connectivity index (χ2v) is 7.08. The Kier molecular flexibility index (Phi) is 5.69. The van der Waals surface area contributed by atoms with Crippen molar-refractivity contribution in [1.82, 2.24) is 5.32 Å². The van der Waals surface area contributed by atoms with Crippen LogP contribution in [0.2, 0.25) is 0 Å². The Morgan fingerprint density at radius 1 is 0.769 bits per heavy atom. The molecule has 0 radical (unpaired) electrons. The Morgan fingerprint density at radius 2 is 1.46 bits per heavy atom. The van der Waals surface area contributed by atoms with Crippen molar-refractivity contribution in [2.75, 3.05) is 5.32 Å². The molecule has 1 atom stereocenters. The van der Waals surface area contributed by atoms with Gasteiger partial charge in [-0.05, 0) is 61.3 Å². The average Bonchev–Trinajstić information content (AvgIpc) is 2.63. The molecule has 132 valence electrons. The zero-order valence-electron chi connectivity index (χ0n) is 15.4. The summed E-state index contributed by atoms with van der Waals surface area (Å²) in [5.41, 5.74) is 7.03. The molecule has 0 aliphatic heterocycles. The number of benzene rings is 3. The van der Waals surface area contributed by atoms with Gasteiger partial charge in [0.1, 0.15) is 0 Å². The first-order valence-electron chi connectivity index (χ1n) is 8.79. The van der Waals surface area contributed by atoms with E-state index in [2.05, 4.69) is 98.1 Å². The molecule has 0 saturated carbocycles. The van der Waals surface area contributed by atoms with Gasteiger partial charge in [-0.3, -0.25) is 0 Å². The van der Waals surface area contributed by atoms with Crippen molar-refractivity contribution in [2.45, 2.75) is 26.8 Å². The quantitative estimate of drug-likeness (QED) is 0.585. The number of hydrogen-bond acceptors (Lipinski definition) is 1. The Bertz CT molecular complexity index is 903. The monoisotopic (exact) mass is 360 g/mol. The van der Waals surface area contributed by atoms with E-state index in [4.69, 9.17) is 12.2 Å². The van der Waals surface area contributed by atoms with Gasteiger partial charge >= 0.3 is 0 Å². The fourth-order valence-electron chi connectivity index (χ4n) is 3.01. The first-order valence-corrected chi connectivity index (χ1v) is 9.20. The molecule has 0 bridgehead atoms. The fraction of sp³-hybridized carbons (Fsp3) is 0.174. The summed E-state index contributed by atoms with van der Waals surface area (Å²) in [6.07, 6.45) is 0. The molecule has 2 N–H and O–H groups in total. The van der Waals surface area contributed by atoms with Crippen LogP contribution < -0.4 is 10.6 Å². The SMILES string of the molecule is Cc1cccc([C@H](NC(=S)Nc2cc(C)ccc2C)c2ccccc2)c1. The van der Waals surface area contributed by atoms with Crippen LogP contribution >= 0.6 is 12.2 Å². The number of nitrogens with one attached hydrogen (secondary N) is 2. The maximum atomic E-state index is 5.63. The number of hydrogen-bond donors (Lipinski definition) is 2. The van der Waals surface area contributed by atoms with Crippen LogP contribution in [0.25, 0.3) is 0 Å². The van der Waals surface area contributed by atoms with Gasteiger partial charge in [-0.25, -0.2) is 0 Å². The molecule has 0 heterocycles. The highest BCUT2D eigenvalue weighted by Gasteiger charge is 2.15. The second kappa shape index (κ2) is 8.15. The van der Waals surface area contributed by atoms with Crippen molar-refractivity contribution in [2.24, 2.45) is 0 Å². The molecular weight excluding hydrogens is 336 g/mol. The molecule has 0 aliphatic rings. The molecule has 2 nitrogen and oxygen atoms in total. The van der Waals surface area contributed by atoms with Crippen LogP contribution in [0.4, 0.5) is 5.69 Å². The van der Waals surface area contributed by atoms with Gasteiger partial charge in [0.15, 0.2) is 5.11 Å². The molecule has 26 heavy (non-hydrogen) atoms. The maximum Gasteiger partial charge on any atom is 0.171 e. The molecule has 3 aromatic rings. The van der Waals surface area contributed by atoms with Gasteiger partial charge in [0.2, 0.25) is 0 Å². The maximum absolute atomic E-state index is 5.63. The van der Waals surface area contributed by atoms with Crippen molar-refractivity contribution >= 4 is 23.0 Å². The third kappa shape index (κ3) is 4.50. The van der Waals surface area contributed by atoms with Crippen molar-refractivity contribution < 1.29 is 0 Å². The van der Waals surface area contributed by atoms with E-state index in [9.17, 15) is 0 Å². The topological polar surface area (TPSA) is 24.1 Å². The van der Waals surface area contributed by atoms with Crippen LogP contribution in [0.3, 0.4) is 0 Å². The van der Waals surface area contributed by atoms with E-state index in [1.54, 1.807) is 0 Å². The van der Waals surface area contributed by atoms with Crippen molar-refractivity contribution in [3.63, 3.8) is 0 Å². The Morgan fingerprint density at radius 3 is 2.19 bits per heavy atom. The highest BCUT2D eigenvalue weighted by Crippen LogP contribution is 2.23. The zero-order valence-corrected chi connectivity index (χ0v) is 16.2. The summed E-state index contributed by atoms with van der Waals surface area (Å²) in [5.74, 6) is 0. The smallest absolute Gasteiger partial charge is 0.171 e. The summed E-state index contributed by atoms with van der Waals surface area (Å²) < 4.78 is 0. The van der Waals surface area contributed by atoms with Crippen LogP contribution in [0.15, 0.2) is 72.8 Å². The van der Waals surface area contributed by atoms with Gasteiger partial charge in [0.25, 0.3) is 0 Å². The molecular formula is C23H24N2S. The lowest BCUT2D eigenvalue weighted by atomic mass is 9.97. The lowest BCUT2D eigenvalue weighted by molar-refractivity contribution is 0.767. The molecule has 0 aliphatic carbocycles. The van der Waals surface area contributed by atoms with Gasteiger partial charge < -0.3 is 10.6 Å². The Labute approximate surface area is 161 Å². The summed E-state index contributed by atoms with van der Waals surface area (Å²) in [6, 6.07) is 25.3. The van der Waals surface area contributed by atoms with E-state index >= 15 is 0 Å². The minimum absolute atomic E-state index is 0.00113. The number of thiocarbonyl (C=S) groups is 1. The van der Waals surface area contributed by atoms with Gasteiger partial charge in [-0.1, -0.05) is 72.3 Å². The molecule has 3 heteroatoms. The van der Waals surface area contributed by atoms with E-state index in [-0.39, 0.29) is 6.04 Å². The van der Waals surface area contributed by atoms with Gasteiger partial charge in [-0.15, -0.1) is 0 Å². The van der Waals surface area contributed by atoms with Crippen molar-refractivity contribution in [3.05, 3.63) is 101 Å². The van der Waals surface area contributed by atoms with E-state index in [1.165, 1.54) is 27.8 Å². The van der Waals surface area contributed by atoms with Crippen molar-refractivity contribution in [1.29, 1.82) is 0 Å². The van der Waals surface area contributed by atoms with E-state index in [0.717, 1.165) is 5.69 Å². The van der Waals surface area contributed by atoms with Crippen LogP contribution in [0, 0.1) is 20.8 Å². The van der Waals surface area contributed by atoms with Crippen LogP contribution in [-0.2, 0) is 0 Å². The van der Waals surface area contributed by atoms with E-state index in [1.807, 2.05) is 6.07 Å². The largest absolute Gasteiger partial charge is 0.352 e. The Hall–Kier alpha value is -2.65. The molecule has 3 rings (SSSR count). The van der Waals surface area contributed by atoms with Crippen LogP contribution in [0.5, 0.6) is 0 Å². The lowest BCUT2D eigenvalue weighted by Crippen LogP contribution is -2.33. The van der Waals surface area contributed by atoms with E-state index < -0.39 is 0 Å². The highest BCUT2D eigenvalue weighted by molar-refractivity contribution is 7.80. The standard InChI is InChI=1S/C23H24N2S/c1-16-8-7-11-20(14-16)22(19-9-5-4-6-10-19)25-23(26)24-21-15-17(2)12-13-18(21)3/h4-15,22H,1-3H3,(H2,24,25,26)/t22-/m1/s1. The minimum atomic E-state index is 0.00113. The number of anilines is 1. The molecule has 0 spiro atoms. The minimum Gasteiger partial charge on any atom is -0.352 e. The fourth-order valence-corrected chi connectivity index (χ4v) is 3.24. The summed E-state index contributed by atoms with van der Waals surface area (Å²) in [5, 5.41) is 7.47. The zero-order chi connectivity index (χ0) is 18.5. The molecule has 3 aromatic carbocycles. The normalized spacial score (nSPS) is 11.7. The lowest BCUT2D eigenvalue weighted by Gasteiger charge is -2.23. The predicted octanol–water partition coefficient (Wildman–Crippen LogP) is 5.69. The number of aryl methyl sites for hydroxylation is 3. The molecule has 0 fully saturated rings. The average molecular weight is 361 g/mol. The molecule has 0 aromatic heterocycles. The Balaban J connectivity index is 1.86. The highest BCUT2D eigenvalue weighted by atomic mass is 32.1. The third-order valence-corrected chi connectivity index (χ3v) is 4.64. The van der Waals surface area contributed by atoms with Crippen LogP contribution in [-0.4, -0.2) is 5.11 Å². The van der Waals surface area contributed by atoms with Crippen molar-refractivity contribution in [3.8, 4) is 0 Å². The summed E-state index contributed by atoms with van der Waals surface area (Å²) in [6.45, 7) is 6.28. The third-order valence-electron chi connectivity index (χ3n) is 4.43. The van der Waals surface area contributed by atoms with Gasteiger partial charge in [-0.2, -0.15) is 0 Å². The first-order chi connectivity index (χ1) is 12.5. The van der Waals surface area contributed by atoms with E-state index in [0.29, 0.717) is 5.11 Å². The molecule has 0 unspecified atom stereocenters. The second-order valence-electron chi connectivity index (χ2n) is 6.67. The first kappa shape index (κ1) is 18.2. The van der Waals surface area contributed by atoms with Gasteiger partial charge in [0, 0.05) is 5.69 Å². The summed E-state index contributed by atoms with van der Waals surface area (Å²) in [7, 11) is 0. The van der Waals surface area contributed by atoms with Gasteiger partial charge in [0.05, 0.1) is 6.04 Å². The molecule has 0 saturated heterocycles. The van der Waals surface area contributed by atoms with Crippen LogP contribution in [0.1, 0.15) is 33.9 Å². The summed E-state index contributed by atoms with van der Waals surface area (Å²) >= 11 is 5.63. The molecule has 0 amide bonds. The predicted molar refractivity (Wildman–Crippen MR) is 115 cm³/mol. The number of rotatable bonds is 4.